The quantitative estimate of drug-likeness (QED) is 0.0742. The van der Waals surface area contributed by atoms with Crippen LogP contribution in [0, 0.1) is 41.5 Å². The van der Waals surface area contributed by atoms with Crippen LogP contribution < -0.4 is 30.5 Å². The molecular weight excluding hydrogens is 995 g/mol. The molecule has 0 bridgehead atoms. The number of aryl methyl sites for hydroxylation is 4. The van der Waals surface area contributed by atoms with Crippen molar-refractivity contribution in [3.05, 3.63) is 162 Å². The van der Waals surface area contributed by atoms with E-state index < -0.39 is 0 Å². The van der Waals surface area contributed by atoms with Gasteiger partial charge in [0, 0.05) is 109 Å². The molecule has 6 aromatic rings. The highest BCUT2D eigenvalue weighted by Gasteiger charge is 2.27. The minimum Gasteiger partial charge on any atom is -0.497 e. The van der Waals surface area contributed by atoms with Gasteiger partial charge in [-0.2, -0.15) is 0 Å². The normalized spacial score (nSPS) is 15.3. The third-order valence-corrected chi connectivity index (χ3v) is 15.9. The van der Waals surface area contributed by atoms with Gasteiger partial charge in [0.25, 0.3) is 11.1 Å². The van der Waals surface area contributed by atoms with Crippen LogP contribution in [0.15, 0.2) is 94.5 Å². The van der Waals surface area contributed by atoms with E-state index in [0.717, 1.165) is 163 Å². The topological polar surface area (TPSA) is 156 Å². The highest BCUT2D eigenvalue weighted by molar-refractivity contribution is 6.01. The maximum absolute atomic E-state index is 13.8. The fraction of sp³-hybridized carbons (Fsp3) is 0.446. The number of nitrogens with zero attached hydrogens (tertiary/aromatic N) is 3. The summed E-state index contributed by atoms with van der Waals surface area (Å²) in [6.45, 7) is 23.6. The van der Waals surface area contributed by atoms with E-state index in [4.69, 9.17) is 23.8 Å². The maximum Gasteiger partial charge on any atom is 0.251 e. The number of pyridine rings is 2. The SMILES string of the molecule is CCN(c1cc(-c2ccc(OC)cc2)cc(C(=O)CCc2c(C)cc(C)[nH]c2=O)c1C)C1CCOCC1.CCN(c1cc(-c2ccc(ON3CCOCC3)cc2)cc(C(=O)CCc2c(C)cc(C)[nH]c2=O)c1C)C1CCOCC1. The van der Waals surface area contributed by atoms with E-state index in [-0.39, 0.29) is 35.5 Å². The second-order valence-corrected chi connectivity index (χ2v) is 21.2. The van der Waals surface area contributed by atoms with E-state index in [2.05, 4.69) is 64.8 Å². The number of hydrogen-bond donors (Lipinski definition) is 2. The van der Waals surface area contributed by atoms with Gasteiger partial charge in [0.1, 0.15) is 11.5 Å². The molecule has 2 aromatic heterocycles. The number of aromatic amines is 2. The van der Waals surface area contributed by atoms with Crippen molar-refractivity contribution in [1.29, 1.82) is 0 Å². The first-order valence-electron chi connectivity index (χ1n) is 28.3. The molecule has 9 rings (SSSR count). The maximum atomic E-state index is 13.8. The average Bonchev–Trinajstić information content (AvgIpc) is 3.51. The summed E-state index contributed by atoms with van der Waals surface area (Å²) in [5.41, 5.74) is 14.3. The number of anilines is 2. The summed E-state index contributed by atoms with van der Waals surface area (Å²) in [5.74, 6) is 1.67. The summed E-state index contributed by atoms with van der Waals surface area (Å²) in [4.78, 5) is 69.3. The number of aromatic nitrogens is 2. The molecule has 0 spiro atoms. The average molecular weight is 1080 g/mol. The number of hydrogen-bond acceptors (Lipinski definition) is 12. The number of rotatable bonds is 19. The molecule has 420 valence electrons. The van der Waals surface area contributed by atoms with Crippen molar-refractivity contribution in [2.75, 3.05) is 82.7 Å². The Morgan fingerprint density at radius 2 is 0.937 bits per heavy atom. The zero-order valence-electron chi connectivity index (χ0n) is 48.0. The minimum absolute atomic E-state index is 0.0466. The molecule has 2 N–H and O–H groups in total. The molecule has 3 aliphatic heterocycles. The molecule has 3 saturated heterocycles. The number of hydroxylamine groups is 2. The fourth-order valence-corrected chi connectivity index (χ4v) is 11.6. The van der Waals surface area contributed by atoms with Gasteiger partial charge in [-0.3, -0.25) is 19.2 Å². The third-order valence-electron chi connectivity index (χ3n) is 15.9. The number of nitrogens with one attached hydrogen (secondary N) is 2. The molecule has 79 heavy (non-hydrogen) atoms. The van der Waals surface area contributed by atoms with E-state index in [1.807, 2.05) is 100 Å². The molecule has 0 atom stereocenters. The van der Waals surface area contributed by atoms with Crippen LogP contribution in [0.3, 0.4) is 0 Å². The van der Waals surface area contributed by atoms with Gasteiger partial charge in [0.2, 0.25) is 0 Å². The van der Waals surface area contributed by atoms with Crippen LogP contribution in [-0.4, -0.2) is 112 Å². The highest BCUT2D eigenvalue weighted by Crippen LogP contribution is 2.37. The molecule has 3 aliphatic rings. The van der Waals surface area contributed by atoms with Crippen molar-refractivity contribution in [3.63, 3.8) is 0 Å². The van der Waals surface area contributed by atoms with E-state index in [1.165, 1.54) is 0 Å². The summed E-state index contributed by atoms with van der Waals surface area (Å²) >= 11 is 0. The van der Waals surface area contributed by atoms with Crippen molar-refractivity contribution in [3.8, 4) is 33.8 Å². The van der Waals surface area contributed by atoms with Gasteiger partial charge < -0.3 is 43.6 Å². The standard InChI is InChI=1S/C34H43N3O5.C31H38N2O4/c1-5-37(28-12-16-40-17-13-28)32-22-27(26-6-8-29(9-7-26)42-36-14-18-41-19-15-36)21-31(25(32)4)33(38)11-10-30-23(2)20-24(3)35-34(30)39;1-6-33(25-13-15-37-16-14-25)29-19-24(23-7-9-26(36-5)10-8-23)18-28(22(29)4)30(34)12-11-27-20(2)17-21(3)32-31(27)35/h6-9,20-22,28H,5,10-19H2,1-4H3,(H,35,39);7-10,17-19,25H,6,11-16H2,1-5H3,(H,32,35). The Morgan fingerprint density at radius 1 is 0.544 bits per heavy atom. The lowest BCUT2D eigenvalue weighted by atomic mass is 9.92. The van der Waals surface area contributed by atoms with Crippen LogP contribution in [0.25, 0.3) is 22.3 Å². The smallest absolute Gasteiger partial charge is 0.251 e. The fourth-order valence-electron chi connectivity index (χ4n) is 11.6. The second kappa shape index (κ2) is 27.4. The minimum atomic E-state index is -0.109. The zero-order chi connectivity index (χ0) is 56.2. The number of Topliss-reactive ketones (excluding diaryl/α,β-unsaturated/α-hetero) is 2. The lowest BCUT2D eigenvalue weighted by Gasteiger charge is -2.37. The molecular formula is C65H81N5O9. The molecule has 14 heteroatoms. The number of ketones is 2. The van der Waals surface area contributed by atoms with Gasteiger partial charge in [-0.1, -0.05) is 24.3 Å². The Balaban J connectivity index is 0.000000210. The van der Waals surface area contributed by atoms with Crippen LogP contribution in [0.5, 0.6) is 11.5 Å². The predicted molar refractivity (Wildman–Crippen MR) is 315 cm³/mol. The van der Waals surface area contributed by atoms with Crippen molar-refractivity contribution in [1.82, 2.24) is 15.0 Å². The Hall–Kier alpha value is -6.84. The van der Waals surface area contributed by atoms with Crippen LogP contribution in [-0.2, 0) is 27.1 Å². The van der Waals surface area contributed by atoms with Gasteiger partial charge in [-0.05, 0) is 199 Å². The summed E-state index contributed by atoms with van der Waals surface area (Å²) in [5, 5.41) is 1.92. The Labute approximate surface area is 466 Å². The predicted octanol–water partition coefficient (Wildman–Crippen LogP) is 11.2. The van der Waals surface area contributed by atoms with Crippen LogP contribution >= 0.6 is 0 Å². The first-order chi connectivity index (χ1) is 38.1. The monoisotopic (exact) mass is 1080 g/mol. The molecule has 0 radical (unpaired) electrons. The molecule has 0 aliphatic carbocycles. The van der Waals surface area contributed by atoms with E-state index in [0.29, 0.717) is 54.8 Å². The molecule has 3 fully saturated rings. The molecule has 5 heterocycles. The van der Waals surface area contributed by atoms with Crippen LogP contribution in [0.1, 0.15) is 118 Å². The third kappa shape index (κ3) is 14.5. The molecule has 14 nitrogen and oxygen atoms in total. The largest absolute Gasteiger partial charge is 0.497 e. The summed E-state index contributed by atoms with van der Waals surface area (Å²) in [6.07, 6.45) is 5.24. The van der Waals surface area contributed by atoms with E-state index >= 15 is 0 Å². The Morgan fingerprint density at radius 3 is 1.32 bits per heavy atom. The Bertz CT molecular complexity index is 3170. The molecule has 0 saturated carbocycles. The van der Waals surface area contributed by atoms with Gasteiger partial charge in [0.05, 0.1) is 33.4 Å². The zero-order valence-corrected chi connectivity index (χ0v) is 48.0. The highest BCUT2D eigenvalue weighted by atomic mass is 16.7. The lowest BCUT2D eigenvalue weighted by Crippen LogP contribution is -2.40. The number of H-pyrrole nitrogens is 2. The van der Waals surface area contributed by atoms with Gasteiger partial charge in [-0.15, -0.1) is 5.06 Å². The number of carbonyl (C=O) groups is 2. The number of methoxy groups -OCH3 is 1. The molecule has 4 aromatic carbocycles. The number of carbonyl (C=O) groups excluding carboxylic acids is 2. The molecule has 0 unspecified atom stereocenters. The summed E-state index contributed by atoms with van der Waals surface area (Å²) in [7, 11) is 1.66. The van der Waals surface area contributed by atoms with Gasteiger partial charge >= 0.3 is 0 Å². The first-order valence-corrected chi connectivity index (χ1v) is 28.3. The van der Waals surface area contributed by atoms with Gasteiger partial charge in [0.15, 0.2) is 11.6 Å². The van der Waals surface area contributed by atoms with Crippen molar-refractivity contribution >= 4 is 22.9 Å². The molecule has 0 amide bonds. The van der Waals surface area contributed by atoms with Crippen molar-refractivity contribution in [2.45, 2.75) is 119 Å². The number of morpholine rings is 1. The van der Waals surface area contributed by atoms with Crippen molar-refractivity contribution in [2.24, 2.45) is 0 Å². The Kier molecular flexibility index (Phi) is 20.2. The van der Waals surface area contributed by atoms with Crippen molar-refractivity contribution < 1.29 is 33.4 Å². The van der Waals surface area contributed by atoms with E-state index in [9.17, 15) is 19.2 Å². The van der Waals surface area contributed by atoms with Gasteiger partial charge in [-0.25, -0.2) is 0 Å². The van der Waals surface area contributed by atoms with Crippen LogP contribution in [0.4, 0.5) is 11.4 Å². The second-order valence-electron chi connectivity index (χ2n) is 21.2. The number of benzene rings is 4. The lowest BCUT2D eigenvalue weighted by molar-refractivity contribution is -0.118. The van der Waals surface area contributed by atoms with Crippen LogP contribution in [0.2, 0.25) is 0 Å². The number of ether oxygens (including phenoxy) is 4. The summed E-state index contributed by atoms with van der Waals surface area (Å²) < 4.78 is 22.0. The summed E-state index contributed by atoms with van der Waals surface area (Å²) in [6, 6.07) is 29.1. The van der Waals surface area contributed by atoms with E-state index in [1.54, 1.807) is 7.11 Å². The first kappa shape index (κ1) is 58.3.